The quantitative estimate of drug-likeness (QED) is 0.753. The summed E-state index contributed by atoms with van der Waals surface area (Å²) in [5.41, 5.74) is 1.23. The highest BCUT2D eigenvalue weighted by atomic mass is 16.7. The maximum Gasteiger partial charge on any atom is 0.171 e. The van der Waals surface area contributed by atoms with Crippen molar-refractivity contribution in [3.63, 3.8) is 0 Å². The average molecular weight is 204 g/mol. The minimum absolute atomic E-state index is 0.223. The minimum Gasteiger partial charge on any atom is -0.346 e. The summed E-state index contributed by atoms with van der Waals surface area (Å²) in [5.74, 6) is -0.223. The summed E-state index contributed by atoms with van der Waals surface area (Å²) < 4.78 is 11.7. The van der Waals surface area contributed by atoms with Crippen molar-refractivity contribution in [3.8, 4) is 0 Å². The molecule has 2 nitrogen and oxygen atoms in total. The van der Waals surface area contributed by atoms with Crippen molar-refractivity contribution in [2.24, 2.45) is 0 Å². The monoisotopic (exact) mass is 204 g/mol. The predicted molar refractivity (Wildman–Crippen MR) is 57.3 cm³/mol. The first-order chi connectivity index (χ1) is 7.36. The van der Waals surface area contributed by atoms with E-state index in [0.29, 0.717) is 12.7 Å². The van der Waals surface area contributed by atoms with Crippen LogP contribution < -0.4 is 0 Å². The van der Waals surface area contributed by atoms with E-state index >= 15 is 0 Å². The molecule has 1 aromatic carbocycles. The predicted octanol–water partition coefficient (Wildman–Crippen LogP) is 2.87. The Balaban J connectivity index is 1.58. The molecule has 2 heterocycles. The van der Waals surface area contributed by atoms with E-state index in [1.807, 2.05) is 18.2 Å². The molecule has 2 saturated heterocycles. The van der Waals surface area contributed by atoms with Gasteiger partial charge in [0, 0.05) is 12.8 Å². The Morgan fingerprint density at radius 1 is 1.33 bits per heavy atom. The Kier molecular flexibility index (Phi) is 2.26. The van der Waals surface area contributed by atoms with E-state index in [1.165, 1.54) is 18.4 Å². The van der Waals surface area contributed by atoms with E-state index in [1.54, 1.807) is 0 Å². The van der Waals surface area contributed by atoms with Gasteiger partial charge in [0.15, 0.2) is 5.79 Å². The Morgan fingerprint density at radius 2 is 2.13 bits per heavy atom. The molecule has 4 rings (SSSR count). The van der Waals surface area contributed by atoms with Gasteiger partial charge in [-0.1, -0.05) is 30.3 Å². The molecule has 1 aromatic rings. The van der Waals surface area contributed by atoms with Gasteiger partial charge < -0.3 is 9.47 Å². The highest BCUT2D eigenvalue weighted by molar-refractivity contribution is 5.13. The van der Waals surface area contributed by atoms with Crippen molar-refractivity contribution in [1.82, 2.24) is 0 Å². The molecule has 0 amide bonds. The van der Waals surface area contributed by atoms with Gasteiger partial charge in [-0.2, -0.15) is 0 Å². The zero-order valence-corrected chi connectivity index (χ0v) is 8.82. The second kappa shape index (κ2) is 3.62. The summed E-state index contributed by atoms with van der Waals surface area (Å²) >= 11 is 0. The van der Waals surface area contributed by atoms with Gasteiger partial charge in [0.1, 0.15) is 0 Å². The molecule has 2 bridgehead atoms. The van der Waals surface area contributed by atoms with E-state index in [4.69, 9.17) is 9.47 Å². The number of ether oxygens (including phenoxy) is 2. The zero-order valence-electron chi connectivity index (χ0n) is 8.82. The molecule has 3 aliphatic rings. The second-order valence-corrected chi connectivity index (χ2v) is 4.52. The van der Waals surface area contributed by atoms with Crippen molar-refractivity contribution in [3.05, 3.63) is 35.9 Å². The lowest BCUT2D eigenvalue weighted by atomic mass is 9.85. The highest BCUT2D eigenvalue weighted by Crippen LogP contribution is 2.45. The van der Waals surface area contributed by atoms with Gasteiger partial charge in [-0.3, -0.25) is 0 Å². The number of benzene rings is 1. The molecule has 1 aliphatic carbocycles. The van der Waals surface area contributed by atoms with Gasteiger partial charge >= 0.3 is 0 Å². The van der Waals surface area contributed by atoms with Crippen molar-refractivity contribution in [1.29, 1.82) is 0 Å². The van der Waals surface area contributed by atoms with E-state index in [2.05, 4.69) is 12.1 Å². The third-order valence-electron chi connectivity index (χ3n) is 3.35. The summed E-state index contributed by atoms with van der Waals surface area (Å²) in [4.78, 5) is 0. The SMILES string of the molecule is c1ccc(COC23CCCC(C2)O3)cc1. The van der Waals surface area contributed by atoms with Crippen molar-refractivity contribution in [2.45, 2.75) is 44.2 Å². The largest absolute Gasteiger partial charge is 0.346 e. The lowest BCUT2D eigenvalue weighted by Gasteiger charge is -2.51. The second-order valence-electron chi connectivity index (χ2n) is 4.52. The van der Waals surface area contributed by atoms with Gasteiger partial charge in [-0.25, -0.2) is 0 Å². The van der Waals surface area contributed by atoms with E-state index in [-0.39, 0.29) is 5.79 Å². The van der Waals surface area contributed by atoms with Gasteiger partial charge in [0.25, 0.3) is 0 Å². The number of hydrogen-bond donors (Lipinski definition) is 0. The maximum absolute atomic E-state index is 5.90. The van der Waals surface area contributed by atoms with Crippen LogP contribution in [-0.2, 0) is 16.1 Å². The fraction of sp³-hybridized carbons (Fsp3) is 0.538. The molecule has 0 aromatic heterocycles. The number of fused-ring (bicyclic) bond motifs is 2. The van der Waals surface area contributed by atoms with Gasteiger partial charge in [-0.05, 0) is 18.4 Å². The van der Waals surface area contributed by atoms with E-state index in [0.717, 1.165) is 12.8 Å². The molecule has 1 saturated carbocycles. The Hall–Kier alpha value is -0.860. The minimum atomic E-state index is -0.223. The Morgan fingerprint density at radius 3 is 2.80 bits per heavy atom. The molecule has 2 atom stereocenters. The van der Waals surface area contributed by atoms with Crippen molar-refractivity contribution in [2.75, 3.05) is 0 Å². The van der Waals surface area contributed by atoms with Crippen LogP contribution in [0.25, 0.3) is 0 Å². The van der Waals surface area contributed by atoms with Crippen LogP contribution in [-0.4, -0.2) is 11.9 Å². The van der Waals surface area contributed by atoms with Crippen LogP contribution in [0.3, 0.4) is 0 Å². The summed E-state index contributed by atoms with van der Waals surface area (Å²) in [5, 5.41) is 0. The van der Waals surface area contributed by atoms with Crippen LogP contribution in [0.1, 0.15) is 31.2 Å². The standard InChI is InChI=1S/C13H16O2/c1-2-5-11(6-3-1)10-14-13-8-4-7-12(9-13)15-13/h1-3,5-6,12H,4,7-10H2. The molecule has 2 heteroatoms. The first kappa shape index (κ1) is 9.37. The molecule has 80 valence electrons. The Labute approximate surface area is 90.2 Å². The molecular weight excluding hydrogens is 188 g/mol. The van der Waals surface area contributed by atoms with E-state index in [9.17, 15) is 0 Å². The first-order valence-corrected chi connectivity index (χ1v) is 5.72. The molecule has 0 spiro atoms. The van der Waals surface area contributed by atoms with Crippen LogP contribution in [0.4, 0.5) is 0 Å². The normalized spacial score (nSPS) is 33.5. The molecule has 15 heavy (non-hydrogen) atoms. The van der Waals surface area contributed by atoms with Gasteiger partial charge in [0.05, 0.1) is 12.7 Å². The third-order valence-corrected chi connectivity index (χ3v) is 3.35. The fourth-order valence-electron chi connectivity index (χ4n) is 2.52. The van der Waals surface area contributed by atoms with Crippen LogP contribution in [0.15, 0.2) is 30.3 Å². The third kappa shape index (κ3) is 1.80. The zero-order chi connectivity index (χ0) is 10.1. The summed E-state index contributed by atoms with van der Waals surface area (Å²) in [6.45, 7) is 0.674. The van der Waals surface area contributed by atoms with Crippen LogP contribution >= 0.6 is 0 Å². The van der Waals surface area contributed by atoms with E-state index < -0.39 is 0 Å². The van der Waals surface area contributed by atoms with Crippen LogP contribution in [0.2, 0.25) is 0 Å². The average Bonchev–Trinajstić information content (AvgIpc) is 2.28. The van der Waals surface area contributed by atoms with Crippen molar-refractivity contribution >= 4 is 0 Å². The molecule has 3 fully saturated rings. The van der Waals surface area contributed by atoms with Crippen LogP contribution in [0, 0.1) is 0 Å². The molecular formula is C13H16O2. The number of rotatable bonds is 3. The fourth-order valence-corrected chi connectivity index (χ4v) is 2.52. The smallest absolute Gasteiger partial charge is 0.171 e. The lowest BCUT2D eigenvalue weighted by Crippen LogP contribution is -2.55. The maximum atomic E-state index is 5.90. The topological polar surface area (TPSA) is 18.5 Å². The molecule has 0 N–H and O–H groups in total. The van der Waals surface area contributed by atoms with Crippen molar-refractivity contribution < 1.29 is 9.47 Å². The molecule has 2 aliphatic heterocycles. The first-order valence-electron chi connectivity index (χ1n) is 5.72. The summed E-state index contributed by atoms with van der Waals surface area (Å²) in [7, 11) is 0. The summed E-state index contributed by atoms with van der Waals surface area (Å²) in [6.07, 6.45) is 5.11. The van der Waals surface area contributed by atoms with Gasteiger partial charge in [0.2, 0.25) is 0 Å². The summed E-state index contributed by atoms with van der Waals surface area (Å²) in [6, 6.07) is 10.3. The molecule has 2 unspecified atom stereocenters. The number of hydrogen-bond acceptors (Lipinski definition) is 2. The van der Waals surface area contributed by atoms with Crippen LogP contribution in [0.5, 0.6) is 0 Å². The Bertz CT molecular complexity index is 322. The van der Waals surface area contributed by atoms with Gasteiger partial charge in [-0.15, -0.1) is 0 Å². The highest BCUT2D eigenvalue weighted by Gasteiger charge is 2.49. The lowest BCUT2D eigenvalue weighted by molar-refractivity contribution is -0.367. The molecule has 0 radical (unpaired) electrons.